The van der Waals surface area contributed by atoms with E-state index in [1.807, 2.05) is 6.92 Å². The maximum atomic E-state index is 12.8. The van der Waals surface area contributed by atoms with Crippen LogP contribution in [0.3, 0.4) is 0 Å². The van der Waals surface area contributed by atoms with Gasteiger partial charge in [0.15, 0.2) is 9.84 Å². The Morgan fingerprint density at radius 3 is 2.44 bits per heavy atom. The van der Waals surface area contributed by atoms with Gasteiger partial charge in [-0.25, -0.2) is 13.2 Å². The lowest BCUT2D eigenvalue weighted by molar-refractivity contribution is 0.0803. The van der Waals surface area contributed by atoms with Crippen molar-refractivity contribution in [3.05, 3.63) is 64.2 Å². The van der Waals surface area contributed by atoms with Crippen molar-refractivity contribution in [2.24, 2.45) is 0 Å². The minimum absolute atomic E-state index is 0.0138. The fourth-order valence-corrected chi connectivity index (χ4v) is 3.92. The van der Waals surface area contributed by atoms with Crippen molar-refractivity contribution in [3.8, 4) is 0 Å². The summed E-state index contributed by atoms with van der Waals surface area (Å²) in [5, 5.41) is 8.81. The Labute approximate surface area is 205 Å². The molecule has 2 amide bonds. The van der Waals surface area contributed by atoms with Crippen LogP contribution < -0.4 is 16.0 Å². The van der Waals surface area contributed by atoms with Crippen molar-refractivity contribution in [1.82, 2.24) is 16.0 Å². The van der Waals surface area contributed by atoms with Crippen LogP contribution in [0.25, 0.3) is 0 Å². The third-order valence-corrected chi connectivity index (χ3v) is 6.30. The lowest BCUT2D eigenvalue weighted by Gasteiger charge is -2.21. The van der Waals surface area contributed by atoms with Crippen LogP contribution in [0.2, 0.25) is 5.02 Å². The van der Waals surface area contributed by atoms with E-state index in [1.54, 1.807) is 37.4 Å². The Morgan fingerprint density at radius 1 is 1.09 bits per heavy atom. The molecule has 0 heterocycles. The normalized spacial score (nSPS) is 13.1. The molecule has 0 bridgehead atoms. The van der Waals surface area contributed by atoms with E-state index in [9.17, 15) is 18.0 Å². The van der Waals surface area contributed by atoms with Crippen LogP contribution in [0.4, 0.5) is 4.79 Å². The van der Waals surface area contributed by atoms with Crippen LogP contribution in [-0.2, 0) is 19.3 Å². The predicted molar refractivity (Wildman–Crippen MR) is 130 cm³/mol. The second-order valence-corrected chi connectivity index (χ2v) is 10.1. The number of rotatable bonds is 11. The molecule has 11 heteroatoms. The van der Waals surface area contributed by atoms with Crippen molar-refractivity contribution >= 4 is 33.4 Å². The molecule has 2 aromatic carbocycles. The number of amides is 2. The Hall–Kier alpha value is -2.66. The van der Waals surface area contributed by atoms with Crippen LogP contribution >= 0.6 is 11.6 Å². The molecule has 9 nitrogen and oxygen atoms in total. The van der Waals surface area contributed by atoms with E-state index in [1.165, 1.54) is 19.2 Å². The Balaban J connectivity index is 2.45. The molecule has 34 heavy (non-hydrogen) atoms. The van der Waals surface area contributed by atoms with E-state index in [4.69, 9.17) is 16.3 Å². The largest absolute Gasteiger partial charge is 0.453 e. The molecule has 0 saturated carbocycles. The topological polar surface area (TPSA) is 123 Å². The monoisotopic (exact) mass is 511 g/mol. The summed E-state index contributed by atoms with van der Waals surface area (Å²) in [7, 11) is -0.594. The van der Waals surface area contributed by atoms with Gasteiger partial charge in [0.2, 0.25) is 0 Å². The van der Waals surface area contributed by atoms with Gasteiger partial charge >= 0.3 is 6.09 Å². The van der Waals surface area contributed by atoms with Gasteiger partial charge in [0.1, 0.15) is 6.10 Å². The standard InChI is InChI=1S/C23H30ClN3O6S/c1-15(25-2)14-27-22(28)18-10-17(12-20(13-18)34(4,30)31)21(16-6-5-7-19(24)11-16)33-9-8-26-23(29)32-3/h5-7,10-13,15,21,25H,8-9,14H2,1-4H3,(H,26,29)(H,27,28). The van der Waals surface area contributed by atoms with Crippen molar-refractivity contribution in [2.75, 3.05) is 40.1 Å². The maximum absolute atomic E-state index is 12.8. The first-order chi connectivity index (χ1) is 16.0. The van der Waals surface area contributed by atoms with Crippen LogP contribution in [0.1, 0.15) is 34.5 Å². The second kappa shape index (κ2) is 12.7. The lowest BCUT2D eigenvalue weighted by atomic mass is 9.99. The van der Waals surface area contributed by atoms with Gasteiger partial charge in [-0.1, -0.05) is 23.7 Å². The van der Waals surface area contributed by atoms with Gasteiger partial charge in [-0.2, -0.15) is 0 Å². The Morgan fingerprint density at radius 2 is 1.82 bits per heavy atom. The number of ether oxygens (including phenoxy) is 2. The lowest BCUT2D eigenvalue weighted by Crippen LogP contribution is -2.37. The molecule has 0 saturated heterocycles. The third-order valence-electron chi connectivity index (χ3n) is 4.98. The number of hydrogen-bond acceptors (Lipinski definition) is 7. The van der Waals surface area contributed by atoms with Crippen LogP contribution in [0, 0.1) is 0 Å². The highest BCUT2D eigenvalue weighted by atomic mass is 35.5. The number of benzene rings is 2. The number of likely N-dealkylation sites (N-methyl/N-ethyl adjacent to an activating group) is 1. The molecule has 0 aromatic heterocycles. The molecule has 2 unspecified atom stereocenters. The van der Waals surface area contributed by atoms with Crippen molar-refractivity contribution < 1.29 is 27.5 Å². The molecule has 0 aliphatic rings. The van der Waals surface area contributed by atoms with E-state index in [2.05, 4.69) is 20.7 Å². The summed E-state index contributed by atoms with van der Waals surface area (Å²) in [6.07, 6.45) is -0.272. The highest BCUT2D eigenvalue weighted by Gasteiger charge is 2.21. The van der Waals surface area contributed by atoms with Crippen LogP contribution in [-0.4, -0.2) is 66.6 Å². The summed E-state index contributed by atoms with van der Waals surface area (Å²) in [5.74, 6) is -0.411. The fraction of sp³-hybridized carbons (Fsp3) is 0.391. The summed E-state index contributed by atoms with van der Waals surface area (Å²) in [5.41, 5.74) is 1.30. The van der Waals surface area contributed by atoms with E-state index in [0.29, 0.717) is 22.7 Å². The minimum atomic E-state index is -3.63. The summed E-state index contributed by atoms with van der Waals surface area (Å²) in [6, 6.07) is 11.4. The molecule has 186 valence electrons. The summed E-state index contributed by atoms with van der Waals surface area (Å²) >= 11 is 6.17. The fourth-order valence-electron chi connectivity index (χ4n) is 3.03. The molecule has 2 atom stereocenters. The second-order valence-electron chi connectivity index (χ2n) is 7.69. The number of carbonyl (C=O) groups excluding carboxylic acids is 2. The molecule has 2 rings (SSSR count). The quantitative estimate of drug-likeness (QED) is 0.396. The maximum Gasteiger partial charge on any atom is 0.406 e. The van der Waals surface area contributed by atoms with Gasteiger partial charge in [0, 0.05) is 36.0 Å². The summed E-state index contributed by atoms with van der Waals surface area (Å²) in [6.45, 7) is 2.52. The molecule has 3 N–H and O–H groups in total. The van der Waals surface area contributed by atoms with Crippen molar-refractivity contribution in [2.45, 2.75) is 24.0 Å². The van der Waals surface area contributed by atoms with E-state index < -0.39 is 27.9 Å². The Kier molecular flexibility index (Phi) is 10.3. The molecular weight excluding hydrogens is 482 g/mol. The average molecular weight is 512 g/mol. The zero-order valence-electron chi connectivity index (χ0n) is 19.6. The number of sulfone groups is 1. The highest BCUT2D eigenvalue weighted by Crippen LogP contribution is 2.30. The highest BCUT2D eigenvalue weighted by molar-refractivity contribution is 7.90. The van der Waals surface area contributed by atoms with E-state index in [0.717, 1.165) is 6.26 Å². The smallest absolute Gasteiger partial charge is 0.406 e. The number of carbonyl (C=O) groups is 2. The molecule has 0 fully saturated rings. The number of methoxy groups -OCH3 is 1. The number of alkyl carbamates (subject to hydrolysis) is 1. The van der Waals surface area contributed by atoms with Gasteiger partial charge in [-0.3, -0.25) is 4.79 Å². The molecule has 2 aromatic rings. The van der Waals surface area contributed by atoms with E-state index in [-0.39, 0.29) is 29.7 Å². The van der Waals surface area contributed by atoms with Crippen molar-refractivity contribution in [1.29, 1.82) is 0 Å². The number of halogens is 1. The summed E-state index contributed by atoms with van der Waals surface area (Å²) in [4.78, 5) is 24.1. The third kappa shape index (κ3) is 8.28. The van der Waals surface area contributed by atoms with Crippen LogP contribution in [0.5, 0.6) is 0 Å². The van der Waals surface area contributed by atoms with Gasteiger partial charge in [-0.05, 0) is 55.4 Å². The Bertz CT molecular complexity index is 1110. The van der Waals surface area contributed by atoms with E-state index >= 15 is 0 Å². The number of nitrogens with one attached hydrogen (secondary N) is 3. The average Bonchev–Trinajstić information content (AvgIpc) is 2.81. The first kappa shape index (κ1) is 27.6. The zero-order chi connectivity index (χ0) is 25.3. The zero-order valence-corrected chi connectivity index (χ0v) is 21.1. The first-order valence-electron chi connectivity index (χ1n) is 10.5. The minimum Gasteiger partial charge on any atom is -0.453 e. The van der Waals surface area contributed by atoms with Gasteiger partial charge < -0.3 is 25.4 Å². The SMILES string of the molecule is CNC(C)CNC(=O)c1cc(C(OCCNC(=O)OC)c2cccc(Cl)c2)cc(S(C)(=O)=O)c1. The predicted octanol–water partition coefficient (Wildman–Crippen LogP) is 2.54. The molecule has 0 aliphatic carbocycles. The van der Waals surface area contributed by atoms with Gasteiger partial charge in [-0.15, -0.1) is 0 Å². The summed E-state index contributed by atoms with van der Waals surface area (Å²) < 4.78 is 35.3. The first-order valence-corrected chi connectivity index (χ1v) is 12.8. The molecule has 0 radical (unpaired) electrons. The molecule has 0 aliphatic heterocycles. The van der Waals surface area contributed by atoms with Gasteiger partial charge in [0.05, 0.1) is 18.6 Å². The van der Waals surface area contributed by atoms with Gasteiger partial charge in [0.25, 0.3) is 5.91 Å². The molecule has 0 spiro atoms. The van der Waals surface area contributed by atoms with Crippen LogP contribution in [0.15, 0.2) is 47.4 Å². The number of hydrogen-bond donors (Lipinski definition) is 3. The molecular formula is C23H30ClN3O6S. The van der Waals surface area contributed by atoms with Crippen molar-refractivity contribution in [3.63, 3.8) is 0 Å².